The van der Waals surface area contributed by atoms with Gasteiger partial charge in [-0.05, 0) is 31.9 Å². The predicted molar refractivity (Wildman–Crippen MR) is 83.4 cm³/mol. The maximum absolute atomic E-state index is 12.5. The van der Waals surface area contributed by atoms with Crippen LogP contribution in [-0.2, 0) is 17.4 Å². The standard InChI is InChI=1S/C12H14F3NO.C5H10O/c1-3-5-9-8(10(17)4-2)6-7-11(16-9)12(13,14)15;1-3-4-5(2)6/h6-7H,3-5H2,1-2H3;3-4H2,1-2H3. The molecule has 0 saturated carbocycles. The van der Waals surface area contributed by atoms with E-state index in [2.05, 4.69) is 4.98 Å². The lowest BCUT2D eigenvalue weighted by molar-refractivity contribution is -0.141. The number of Topliss-reactive ketones (excluding diaryl/α,β-unsaturated/α-hetero) is 2. The fourth-order valence-corrected chi connectivity index (χ4v) is 1.88. The fourth-order valence-electron chi connectivity index (χ4n) is 1.88. The molecule has 0 unspecified atom stereocenters. The molecule has 1 heterocycles. The molecule has 3 nitrogen and oxygen atoms in total. The van der Waals surface area contributed by atoms with E-state index in [0.29, 0.717) is 18.4 Å². The molecule has 0 saturated heterocycles. The molecule has 0 fully saturated rings. The van der Waals surface area contributed by atoms with Crippen LogP contribution in [0.5, 0.6) is 0 Å². The minimum atomic E-state index is -4.46. The van der Waals surface area contributed by atoms with E-state index in [9.17, 15) is 22.8 Å². The maximum atomic E-state index is 12.5. The van der Waals surface area contributed by atoms with Crippen molar-refractivity contribution in [2.24, 2.45) is 0 Å². The van der Waals surface area contributed by atoms with E-state index in [1.165, 1.54) is 6.07 Å². The topological polar surface area (TPSA) is 47.0 Å². The smallest absolute Gasteiger partial charge is 0.300 e. The molecule has 23 heavy (non-hydrogen) atoms. The van der Waals surface area contributed by atoms with Gasteiger partial charge >= 0.3 is 6.18 Å². The van der Waals surface area contributed by atoms with Crippen LogP contribution in [0.25, 0.3) is 0 Å². The number of hydrogen-bond donors (Lipinski definition) is 0. The SMILES string of the molecule is CCCC(C)=O.CCCc1nc(C(F)(F)F)ccc1C(=O)CC. The summed E-state index contributed by atoms with van der Waals surface area (Å²) in [6.45, 7) is 7.13. The van der Waals surface area contributed by atoms with E-state index < -0.39 is 11.9 Å². The van der Waals surface area contributed by atoms with Crippen molar-refractivity contribution in [1.82, 2.24) is 4.98 Å². The molecule has 0 N–H and O–H groups in total. The third-order valence-corrected chi connectivity index (χ3v) is 2.98. The molecular weight excluding hydrogens is 307 g/mol. The number of aromatic nitrogens is 1. The molecule has 0 bridgehead atoms. The summed E-state index contributed by atoms with van der Waals surface area (Å²) in [7, 11) is 0. The lowest BCUT2D eigenvalue weighted by Gasteiger charge is -2.11. The summed E-state index contributed by atoms with van der Waals surface area (Å²) < 4.78 is 37.4. The molecule has 130 valence electrons. The van der Waals surface area contributed by atoms with E-state index in [1.54, 1.807) is 13.8 Å². The van der Waals surface area contributed by atoms with Crippen LogP contribution >= 0.6 is 0 Å². The number of alkyl halides is 3. The zero-order chi connectivity index (χ0) is 18.0. The Kier molecular flexibility index (Phi) is 9.37. The predicted octanol–water partition coefficient (Wildman–Crippen LogP) is 5.02. The number of hydrogen-bond acceptors (Lipinski definition) is 3. The van der Waals surface area contributed by atoms with Crippen molar-refractivity contribution in [2.75, 3.05) is 0 Å². The number of carbonyl (C=O) groups excluding carboxylic acids is 2. The molecule has 0 aliphatic carbocycles. The highest BCUT2D eigenvalue weighted by Gasteiger charge is 2.33. The van der Waals surface area contributed by atoms with Crippen LogP contribution in [0, 0.1) is 0 Å². The highest BCUT2D eigenvalue weighted by atomic mass is 19.4. The van der Waals surface area contributed by atoms with E-state index in [0.717, 1.165) is 18.9 Å². The van der Waals surface area contributed by atoms with Crippen LogP contribution in [0.3, 0.4) is 0 Å². The largest absolute Gasteiger partial charge is 0.433 e. The van der Waals surface area contributed by atoms with Crippen molar-refractivity contribution in [3.05, 3.63) is 29.1 Å². The summed E-state index contributed by atoms with van der Waals surface area (Å²) in [6.07, 6.45) is -1.45. The summed E-state index contributed by atoms with van der Waals surface area (Å²) in [5.41, 5.74) is -0.384. The molecule has 0 aliphatic rings. The third kappa shape index (κ3) is 7.90. The van der Waals surface area contributed by atoms with Gasteiger partial charge in [-0.1, -0.05) is 27.2 Å². The number of nitrogens with zero attached hydrogens (tertiary/aromatic N) is 1. The number of aryl methyl sites for hydroxylation is 1. The summed E-state index contributed by atoms with van der Waals surface area (Å²) in [6, 6.07) is 2.09. The third-order valence-electron chi connectivity index (χ3n) is 2.98. The molecule has 1 aromatic rings. The first-order chi connectivity index (χ1) is 10.7. The van der Waals surface area contributed by atoms with Crippen LogP contribution < -0.4 is 0 Å². The number of halogens is 3. The quantitative estimate of drug-likeness (QED) is 0.688. The van der Waals surface area contributed by atoms with Crippen LogP contribution in [0.2, 0.25) is 0 Å². The summed E-state index contributed by atoms with van der Waals surface area (Å²) in [5, 5.41) is 0. The van der Waals surface area contributed by atoms with Crippen LogP contribution in [-0.4, -0.2) is 16.6 Å². The lowest BCUT2D eigenvalue weighted by Crippen LogP contribution is -2.13. The second-order valence-corrected chi connectivity index (χ2v) is 5.17. The molecule has 0 aromatic carbocycles. The highest BCUT2D eigenvalue weighted by Crippen LogP contribution is 2.28. The minimum Gasteiger partial charge on any atom is -0.300 e. The zero-order valence-corrected chi connectivity index (χ0v) is 14.1. The molecule has 0 atom stereocenters. The van der Waals surface area contributed by atoms with Crippen molar-refractivity contribution < 1.29 is 22.8 Å². The van der Waals surface area contributed by atoms with Crippen molar-refractivity contribution in [3.63, 3.8) is 0 Å². The fraction of sp³-hybridized carbons (Fsp3) is 0.588. The van der Waals surface area contributed by atoms with E-state index in [4.69, 9.17) is 0 Å². The van der Waals surface area contributed by atoms with Crippen molar-refractivity contribution in [2.45, 2.75) is 66.0 Å². The van der Waals surface area contributed by atoms with Gasteiger partial charge in [0.2, 0.25) is 0 Å². The van der Waals surface area contributed by atoms with Gasteiger partial charge in [0.05, 0.1) is 5.69 Å². The summed E-state index contributed by atoms with van der Waals surface area (Å²) in [4.78, 5) is 25.1. The second-order valence-electron chi connectivity index (χ2n) is 5.17. The Labute approximate surface area is 135 Å². The Morgan fingerprint density at radius 1 is 1.09 bits per heavy atom. The molecule has 0 amide bonds. The number of ketones is 2. The first-order valence-corrected chi connectivity index (χ1v) is 7.77. The van der Waals surface area contributed by atoms with Gasteiger partial charge in [0.1, 0.15) is 11.5 Å². The van der Waals surface area contributed by atoms with Gasteiger partial charge in [0.15, 0.2) is 5.78 Å². The van der Waals surface area contributed by atoms with E-state index >= 15 is 0 Å². The van der Waals surface area contributed by atoms with Gasteiger partial charge < -0.3 is 4.79 Å². The zero-order valence-electron chi connectivity index (χ0n) is 14.1. The Balaban J connectivity index is 0.000000688. The summed E-state index contributed by atoms with van der Waals surface area (Å²) in [5.74, 6) is 0.118. The van der Waals surface area contributed by atoms with Gasteiger partial charge in [-0.15, -0.1) is 0 Å². The van der Waals surface area contributed by atoms with E-state index in [-0.39, 0.29) is 23.7 Å². The number of pyridine rings is 1. The van der Waals surface area contributed by atoms with Crippen molar-refractivity contribution >= 4 is 11.6 Å². The maximum Gasteiger partial charge on any atom is 0.433 e. The Bertz CT molecular complexity index is 525. The first-order valence-electron chi connectivity index (χ1n) is 7.77. The monoisotopic (exact) mass is 331 g/mol. The molecule has 0 radical (unpaired) electrons. The Morgan fingerprint density at radius 2 is 1.70 bits per heavy atom. The van der Waals surface area contributed by atoms with Gasteiger partial charge in [-0.3, -0.25) is 4.79 Å². The molecule has 1 rings (SSSR count). The lowest BCUT2D eigenvalue weighted by atomic mass is 10.0. The first kappa shape index (κ1) is 21.3. The van der Waals surface area contributed by atoms with Gasteiger partial charge in [-0.25, -0.2) is 4.98 Å². The number of rotatable bonds is 6. The van der Waals surface area contributed by atoms with Crippen molar-refractivity contribution in [1.29, 1.82) is 0 Å². The van der Waals surface area contributed by atoms with E-state index in [1.807, 2.05) is 13.8 Å². The molecule has 6 heteroatoms. The second kappa shape index (κ2) is 10.1. The molecule has 0 spiro atoms. The average molecular weight is 331 g/mol. The van der Waals surface area contributed by atoms with Crippen LogP contribution in [0.1, 0.15) is 75.1 Å². The molecular formula is C17H24F3NO2. The van der Waals surface area contributed by atoms with Gasteiger partial charge in [0.25, 0.3) is 0 Å². The van der Waals surface area contributed by atoms with Crippen LogP contribution in [0.15, 0.2) is 12.1 Å². The highest BCUT2D eigenvalue weighted by molar-refractivity contribution is 5.96. The van der Waals surface area contributed by atoms with Gasteiger partial charge in [-0.2, -0.15) is 13.2 Å². The number of carbonyl (C=O) groups is 2. The molecule has 0 aliphatic heterocycles. The summed E-state index contributed by atoms with van der Waals surface area (Å²) >= 11 is 0. The van der Waals surface area contributed by atoms with Crippen LogP contribution in [0.4, 0.5) is 13.2 Å². The Morgan fingerprint density at radius 3 is 2.04 bits per heavy atom. The minimum absolute atomic E-state index is 0.172. The van der Waals surface area contributed by atoms with Crippen molar-refractivity contribution in [3.8, 4) is 0 Å². The molecule has 1 aromatic heterocycles. The van der Waals surface area contributed by atoms with Gasteiger partial charge in [0, 0.05) is 18.4 Å². The Hall–Kier alpha value is -1.72. The average Bonchev–Trinajstić information content (AvgIpc) is 2.46. The normalized spacial score (nSPS) is 10.7.